The predicted octanol–water partition coefficient (Wildman–Crippen LogP) is 3.13. The fourth-order valence-electron chi connectivity index (χ4n) is 2.97. The molecule has 0 spiro atoms. The molecule has 0 aliphatic heterocycles. The number of aromatic nitrogens is 1. The number of fused-ring (bicyclic) bond motifs is 1. The average molecular weight is 367 g/mol. The maximum absolute atomic E-state index is 12.1. The summed E-state index contributed by atoms with van der Waals surface area (Å²) in [7, 11) is 0. The van der Waals surface area contributed by atoms with Gasteiger partial charge in [-0.2, -0.15) is 0 Å². The number of H-pyrrole nitrogens is 1. The minimum Gasteiger partial charge on any atom is -0.368 e. The van der Waals surface area contributed by atoms with Gasteiger partial charge in [0.15, 0.2) is 0 Å². The van der Waals surface area contributed by atoms with Crippen LogP contribution in [0, 0.1) is 0 Å². The number of rotatable bonds is 7. The summed E-state index contributed by atoms with van der Waals surface area (Å²) in [4.78, 5) is 27.0. The topological polar surface area (TPSA) is 88.0 Å². The van der Waals surface area contributed by atoms with Crippen LogP contribution in [0.1, 0.15) is 23.3 Å². The largest absolute Gasteiger partial charge is 0.368 e. The van der Waals surface area contributed by atoms with Gasteiger partial charge >= 0.3 is 0 Å². The highest BCUT2D eigenvalue weighted by atomic mass is 32.2. The number of carbonyl (C=O) groups excluding carboxylic acids is 2. The highest BCUT2D eigenvalue weighted by Crippen LogP contribution is 2.38. The Bertz CT molecular complexity index is 908. The van der Waals surface area contributed by atoms with Crippen molar-refractivity contribution in [3.63, 3.8) is 0 Å². The molecule has 0 bridgehead atoms. The Morgan fingerprint density at radius 3 is 2.50 bits per heavy atom. The van der Waals surface area contributed by atoms with E-state index in [2.05, 4.69) is 10.3 Å². The molecule has 2 atom stereocenters. The van der Waals surface area contributed by atoms with Crippen molar-refractivity contribution in [2.45, 2.75) is 24.0 Å². The average Bonchev–Trinajstić information content (AvgIpc) is 3.05. The first-order valence-electron chi connectivity index (χ1n) is 8.34. The number of nitrogens with two attached hydrogens (primary N) is 1. The molecule has 5 nitrogen and oxygen atoms in total. The smallest absolute Gasteiger partial charge is 0.241 e. The van der Waals surface area contributed by atoms with Gasteiger partial charge in [0, 0.05) is 29.8 Å². The van der Waals surface area contributed by atoms with Crippen molar-refractivity contribution >= 4 is 34.5 Å². The third-order valence-electron chi connectivity index (χ3n) is 4.17. The normalized spacial score (nSPS) is 13.3. The molecule has 0 radical (unpaired) electrons. The van der Waals surface area contributed by atoms with Crippen molar-refractivity contribution in [1.29, 1.82) is 0 Å². The van der Waals surface area contributed by atoms with E-state index in [4.69, 9.17) is 5.73 Å². The molecule has 3 rings (SSSR count). The second-order valence-electron chi connectivity index (χ2n) is 6.09. The molecule has 0 saturated carbocycles. The summed E-state index contributed by atoms with van der Waals surface area (Å²) >= 11 is 1.59. The van der Waals surface area contributed by atoms with Crippen LogP contribution in [0.5, 0.6) is 0 Å². The van der Waals surface area contributed by atoms with Gasteiger partial charge in [-0.25, -0.2) is 0 Å². The van der Waals surface area contributed by atoms with Crippen molar-refractivity contribution in [1.82, 2.24) is 10.3 Å². The Kier molecular flexibility index (Phi) is 5.63. The number of para-hydroxylation sites is 1. The lowest BCUT2D eigenvalue weighted by Gasteiger charge is -2.25. The van der Waals surface area contributed by atoms with Gasteiger partial charge in [-0.1, -0.05) is 48.5 Å². The van der Waals surface area contributed by atoms with Gasteiger partial charge in [0.05, 0.1) is 5.25 Å². The summed E-state index contributed by atoms with van der Waals surface area (Å²) in [5.74, 6) is -0.121. The van der Waals surface area contributed by atoms with E-state index in [1.165, 1.54) is 6.92 Å². The Balaban J connectivity index is 1.97. The summed E-state index contributed by atoms with van der Waals surface area (Å²) in [6.07, 6.45) is 1.89. The van der Waals surface area contributed by atoms with Gasteiger partial charge in [-0.05, 0) is 17.2 Å². The second-order valence-corrected chi connectivity index (χ2v) is 7.22. The quantitative estimate of drug-likeness (QED) is 0.599. The zero-order valence-electron chi connectivity index (χ0n) is 14.4. The molecule has 2 amide bonds. The Morgan fingerprint density at radius 1 is 1.12 bits per heavy atom. The summed E-state index contributed by atoms with van der Waals surface area (Å²) in [6.45, 7) is 1.39. The van der Waals surface area contributed by atoms with Crippen molar-refractivity contribution < 1.29 is 9.59 Å². The van der Waals surface area contributed by atoms with E-state index in [9.17, 15) is 9.59 Å². The minimum atomic E-state index is -0.791. The van der Waals surface area contributed by atoms with E-state index in [1.807, 2.05) is 60.8 Å². The van der Waals surface area contributed by atoms with Crippen LogP contribution in [0.3, 0.4) is 0 Å². The van der Waals surface area contributed by atoms with Gasteiger partial charge in [-0.3, -0.25) is 9.59 Å². The van der Waals surface area contributed by atoms with E-state index in [0.717, 1.165) is 22.0 Å². The van der Waals surface area contributed by atoms with E-state index in [-0.39, 0.29) is 11.2 Å². The fraction of sp³-hybridized carbons (Fsp3) is 0.200. The minimum absolute atomic E-state index is 0.279. The molecule has 3 aromatic rings. The number of thioether (sulfide) groups is 1. The first-order chi connectivity index (χ1) is 12.6. The van der Waals surface area contributed by atoms with Crippen LogP contribution in [0.2, 0.25) is 0 Å². The van der Waals surface area contributed by atoms with Gasteiger partial charge < -0.3 is 16.0 Å². The van der Waals surface area contributed by atoms with E-state index in [0.29, 0.717) is 5.75 Å². The predicted molar refractivity (Wildman–Crippen MR) is 106 cm³/mol. The zero-order chi connectivity index (χ0) is 18.5. The molecule has 134 valence electrons. The number of aromatic amines is 1. The maximum atomic E-state index is 12.1. The van der Waals surface area contributed by atoms with E-state index < -0.39 is 11.9 Å². The summed E-state index contributed by atoms with van der Waals surface area (Å²) in [5.41, 5.74) is 8.72. The molecule has 26 heavy (non-hydrogen) atoms. The molecule has 6 heteroatoms. The standard InChI is InChI=1S/C20H21N3O2S/c1-13(24)23-18(20(21)25)19(26-12-14-7-3-2-4-8-14)16-11-22-17-10-6-5-9-15(16)17/h2-11,18-19,22H,12H2,1H3,(H2,21,25)(H,23,24)/t18-,19+/m1/s1. The zero-order valence-corrected chi connectivity index (χ0v) is 15.3. The molecule has 0 unspecified atom stereocenters. The first-order valence-corrected chi connectivity index (χ1v) is 9.39. The van der Waals surface area contributed by atoms with Crippen LogP contribution in [-0.2, 0) is 15.3 Å². The van der Waals surface area contributed by atoms with Gasteiger partial charge in [-0.15, -0.1) is 11.8 Å². The molecule has 2 aromatic carbocycles. The lowest BCUT2D eigenvalue weighted by molar-refractivity contribution is -0.126. The number of amides is 2. The molecule has 0 aliphatic carbocycles. The maximum Gasteiger partial charge on any atom is 0.241 e. The lowest BCUT2D eigenvalue weighted by Crippen LogP contribution is -2.46. The Labute approximate surface area is 156 Å². The van der Waals surface area contributed by atoms with Crippen LogP contribution in [0.15, 0.2) is 60.8 Å². The molecule has 1 heterocycles. The number of hydrogen-bond acceptors (Lipinski definition) is 3. The summed E-state index contributed by atoms with van der Waals surface area (Å²) < 4.78 is 0. The third-order valence-corrected chi connectivity index (χ3v) is 5.55. The van der Waals surface area contributed by atoms with Crippen molar-refractivity contribution in [3.8, 4) is 0 Å². The van der Waals surface area contributed by atoms with Crippen LogP contribution in [0.4, 0.5) is 0 Å². The molecule has 0 saturated heterocycles. The number of nitrogens with one attached hydrogen (secondary N) is 2. The third kappa shape index (κ3) is 4.08. The lowest BCUT2D eigenvalue weighted by atomic mass is 10.0. The highest BCUT2D eigenvalue weighted by molar-refractivity contribution is 7.98. The van der Waals surface area contributed by atoms with Gasteiger partial charge in [0.1, 0.15) is 6.04 Å². The van der Waals surface area contributed by atoms with Crippen molar-refractivity contribution in [2.75, 3.05) is 0 Å². The van der Waals surface area contributed by atoms with Crippen LogP contribution >= 0.6 is 11.8 Å². The number of benzene rings is 2. The Hall–Kier alpha value is -2.73. The van der Waals surface area contributed by atoms with E-state index >= 15 is 0 Å². The molecule has 1 aromatic heterocycles. The fourth-order valence-corrected chi connectivity index (χ4v) is 4.30. The number of primary amides is 1. The van der Waals surface area contributed by atoms with Crippen molar-refractivity contribution in [2.24, 2.45) is 5.73 Å². The SMILES string of the molecule is CC(=O)N[C@@H](C(N)=O)[C@@H](SCc1ccccc1)c1c[nH]c2ccccc12. The summed E-state index contributed by atoms with van der Waals surface area (Å²) in [6, 6.07) is 17.1. The molecule has 0 fully saturated rings. The van der Waals surface area contributed by atoms with Crippen LogP contribution in [0.25, 0.3) is 10.9 Å². The monoisotopic (exact) mass is 367 g/mol. The molecular weight excluding hydrogens is 346 g/mol. The van der Waals surface area contributed by atoms with Gasteiger partial charge in [0.25, 0.3) is 0 Å². The highest BCUT2D eigenvalue weighted by Gasteiger charge is 2.31. The van der Waals surface area contributed by atoms with Gasteiger partial charge in [0.2, 0.25) is 11.8 Å². The van der Waals surface area contributed by atoms with Crippen LogP contribution in [-0.4, -0.2) is 22.8 Å². The van der Waals surface area contributed by atoms with Crippen molar-refractivity contribution in [3.05, 3.63) is 71.9 Å². The summed E-state index contributed by atoms with van der Waals surface area (Å²) in [5, 5.41) is 3.44. The molecular formula is C20H21N3O2S. The van der Waals surface area contributed by atoms with E-state index in [1.54, 1.807) is 11.8 Å². The van der Waals surface area contributed by atoms with Crippen LogP contribution < -0.4 is 11.1 Å². The molecule has 4 N–H and O–H groups in total. The molecule has 0 aliphatic rings. The number of carbonyl (C=O) groups is 2. The second kappa shape index (κ2) is 8.10. The Morgan fingerprint density at radius 2 is 1.81 bits per heavy atom. The number of hydrogen-bond donors (Lipinski definition) is 3. The first kappa shape index (κ1) is 18.1.